The molecule has 0 saturated carbocycles. The molecule has 11 aromatic carbocycles. The van der Waals surface area contributed by atoms with Gasteiger partial charge in [-0.15, -0.1) is 0 Å². The number of rotatable bonds is 8. The first-order chi connectivity index (χ1) is 42.3. The van der Waals surface area contributed by atoms with E-state index in [0.717, 1.165) is 23.3 Å². The molecule has 0 bridgehead atoms. The zero-order chi connectivity index (χ0) is 61.4. The van der Waals surface area contributed by atoms with Crippen molar-refractivity contribution in [3.63, 3.8) is 0 Å². The molecule has 0 aliphatic carbocycles. The summed E-state index contributed by atoms with van der Waals surface area (Å²) < 4.78 is 137. The van der Waals surface area contributed by atoms with Gasteiger partial charge in [0.25, 0.3) is 0 Å². The Morgan fingerprint density at radius 2 is 0.682 bits per heavy atom. The molecule has 13 rings (SSSR count). The maximum atomic E-state index is 15.2. The van der Waals surface area contributed by atoms with Crippen LogP contribution in [0.15, 0.2) is 224 Å². The molecule has 13 aromatic rings. The molecule has 0 atom stereocenters. The fourth-order valence-corrected chi connectivity index (χ4v) is 11.9. The second-order valence-electron chi connectivity index (χ2n) is 21.1. The fourth-order valence-electron chi connectivity index (χ4n) is 11.9. The van der Waals surface area contributed by atoms with Crippen LogP contribution >= 0.6 is 0 Å². The summed E-state index contributed by atoms with van der Waals surface area (Å²) in [6, 6.07) is 67.1. The lowest BCUT2D eigenvalue weighted by Crippen LogP contribution is -2.14. The number of aromatic nitrogens is 2. The lowest BCUT2D eigenvalue weighted by molar-refractivity contribution is -0.142. The highest BCUT2D eigenvalue weighted by molar-refractivity contribution is 6.14. The minimum atomic E-state index is -5.26. The molecule has 0 spiro atoms. The van der Waals surface area contributed by atoms with Crippen LogP contribution in [0.2, 0.25) is 0 Å². The number of hydrogen-bond acceptors (Lipinski definition) is 4. The Bertz CT molecular complexity index is 5100. The van der Waals surface area contributed by atoms with Crippen LogP contribution in [0.3, 0.4) is 0 Å². The molecule has 422 valence electrons. The van der Waals surface area contributed by atoms with Crippen molar-refractivity contribution < 1.29 is 39.5 Å². The topological polar surface area (TPSA) is 105 Å². The van der Waals surface area contributed by atoms with E-state index in [1.807, 2.05) is 81.9 Å². The van der Waals surface area contributed by atoms with E-state index in [4.69, 9.17) is 0 Å². The Labute approximate surface area is 495 Å². The summed E-state index contributed by atoms with van der Waals surface area (Å²) in [7, 11) is 0. The highest BCUT2D eigenvalue weighted by Crippen LogP contribution is 2.49. The van der Waals surface area contributed by atoms with Crippen LogP contribution in [0, 0.1) is 45.3 Å². The van der Waals surface area contributed by atoms with Gasteiger partial charge in [-0.3, -0.25) is 0 Å². The first-order valence-electron chi connectivity index (χ1n) is 27.1. The molecule has 0 aliphatic rings. The number of hydrogen-bond donors (Lipinski definition) is 0. The van der Waals surface area contributed by atoms with E-state index in [1.165, 1.54) is 30.3 Å². The smallest absolute Gasteiger partial charge is 0.309 e. The third-order valence-electron chi connectivity index (χ3n) is 15.9. The van der Waals surface area contributed by atoms with E-state index in [-0.39, 0.29) is 27.9 Å². The lowest BCUT2D eigenvalue weighted by atomic mass is 9.89. The van der Waals surface area contributed by atoms with Crippen molar-refractivity contribution in [1.82, 2.24) is 9.13 Å². The lowest BCUT2D eigenvalue weighted by Gasteiger charge is -2.22. The number of fused-ring (bicyclic) bond motifs is 6. The van der Waals surface area contributed by atoms with Gasteiger partial charge in [0.15, 0.2) is 0 Å². The van der Waals surface area contributed by atoms with Gasteiger partial charge in [0.05, 0.1) is 91.0 Å². The number of benzene rings is 11. The Hall–Kier alpha value is -11.7. The predicted molar refractivity (Wildman–Crippen MR) is 322 cm³/mol. The molecule has 0 radical (unpaired) electrons. The van der Waals surface area contributed by atoms with Gasteiger partial charge < -0.3 is 9.13 Å². The van der Waals surface area contributed by atoms with Crippen LogP contribution in [0.4, 0.5) is 39.5 Å². The normalized spacial score (nSPS) is 11.9. The zero-order valence-corrected chi connectivity index (χ0v) is 45.4. The van der Waals surface area contributed by atoms with Crippen molar-refractivity contribution in [2.24, 2.45) is 0 Å². The van der Waals surface area contributed by atoms with Crippen molar-refractivity contribution in [1.29, 1.82) is 21.0 Å². The number of alkyl halides is 9. The Morgan fingerprint density at radius 1 is 0.295 bits per heavy atom. The van der Waals surface area contributed by atoms with Crippen molar-refractivity contribution in [2.75, 3.05) is 0 Å². The van der Waals surface area contributed by atoms with E-state index in [1.54, 1.807) is 91.0 Å². The van der Waals surface area contributed by atoms with Crippen molar-refractivity contribution >= 4 is 43.6 Å². The molecule has 15 heteroatoms. The monoisotopic (exact) mass is 1170 g/mol. The van der Waals surface area contributed by atoms with Gasteiger partial charge in [-0.1, -0.05) is 84.9 Å². The molecule has 2 aromatic heterocycles. The highest BCUT2D eigenvalue weighted by Gasteiger charge is 2.41. The molecular weight excluding hydrogens is 1130 g/mol. The van der Waals surface area contributed by atoms with Crippen molar-refractivity contribution in [3.8, 4) is 102 Å². The molecule has 0 aliphatic heterocycles. The molecule has 2 heterocycles. The maximum absolute atomic E-state index is 15.2. The van der Waals surface area contributed by atoms with Crippen LogP contribution in [0.1, 0.15) is 38.9 Å². The summed E-state index contributed by atoms with van der Waals surface area (Å²) in [6.45, 7) is 0. The van der Waals surface area contributed by atoms with Crippen molar-refractivity contribution in [2.45, 2.75) is 18.5 Å². The van der Waals surface area contributed by atoms with E-state index in [9.17, 15) is 34.2 Å². The first kappa shape index (κ1) is 55.5. The SMILES string of the molecule is N#Cc1cccc(-c2ccc3c(c2)c2cc(-c4cccc(C(F)(F)F)c4)ccc2n3-c2ccc(C#N)c(-c3cc(-c4c(C(F)(F)F)cccc4C(F)(F)F)ccc3-n3c4ccc(-c5cccc(C#N)c5)cc4c4cc(-c5cccc(C#N)c5)ccc43)c2)c1. The second kappa shape index (κ2) is 21.1. The average molecular weight is 1170 g/mol. The summed E-state index contributed by atoms with van der Waals surface area (Å²) >= 11 is 0. The number of nitriles is 4. The van der Waals surface area contributed by atoms with Crippen LogP contribution in [0.25, 0.3) is 122 Å². The molecule has 0 fully saturated rings. The summed E-state index contributed by atoms with van der Waals surface area (Å²) in [4.78, 5) is 0. The first-order valence-corrected chi connectivity index (χ1v) is 27.1. The van der Waals surface area contributed by atoms with E-state index < -0.39 is 46.3 Å². The van der Waals surface area contributed by atoms with E-state index in [2.05, 4.69) is 24.3 Å². The van der Waals surface area contributed by atoms with E-state index in [0.29, 0.717) is 112 Å². The van der Waals surface area contributed by atoms with Gasteiger partial charge in [0.2, 0.25) is 0 Å². The van der Waals surface area contributed by atoms with Gasteiger partial charge in [0.1, 0.15) is 0 Å². The van der Waals surface area contributed by atoms with Gasteiger partial charge in [0, 0.05) is 43.9 Å². The summed E-state index contributed by atoms with van der Waals surface area (Å²) in [5.41, 5.74) is 3.71. The molecule has 6 nitrogen and oxygen atoms in total. The summed E-state index contributed by atoms with van der Waals surface area (Å²) in [5, 5.41) is 43.2. The van der Waals surface area contributed by atoms with Crippen molar-refractivity contribution in [3.05, 3.63) is 263 Å². The van der Waals surface area contributed by atoms with Gasteiger partial charge in [-0.25, -0.2) is 0 Å². The van der Waals surface area contributed by atoms with Gasteiger partial charge >= 0.3 is 18.5 Å². The second-order valence-corrected chi connectivity index (χ2v) is 21.1. The van der Waals surface area contributed by atoms with Gasteiger partial charge in [-0.05, 0) is 190 Å². The van der Waals surface area contributed by atoms with Gasteiger partial charge in [-0.2, -0.15) is 60.6 Å². The minimum Gasteiger partial charge on any atom is -0.309 e. The largest absolute Gasteiger partial charge is 0.417 e. The molecule has 0 unspecified atom stereocenters. The summed E-state index contributed by atoms with van der Waals surface area (Å²) in [6.07, 6.45) is -15.2. The molecular formula is C73H37F9N6. The number of nitrogens with zero attached hydrogens (tertiary/aromatic N) is 6. The van der Waals surface area contributed by atoms with Crippen LogP contribution < -0.4 is 0 Å². The quantitative estimate of drug-likeness (QED) is 0.141. The third-order valence-corrected chi connectivity index (χ3v) is 15.9. The fraction of sp³-hybridized carbons (Fsp3) is 0.0411. The summed E-state index contributed by atoms with van der Waals surface area (Å²) in [5.74, 6) is 0. The highest BCUT2D eigenvalue weighted by atomic mass is 19.4. The van der Waals surface area contributed by atoms with E-state index >= 15 is 26.3 Å². The molecule has 88 heavy (non-hydrogen) atoms. The minimum absolute atomic E-state index is 0.00495. The third kappa shape index (κ3) is 9.77. The average Bonchev–Trinajstić information content (AvgIpc) is 1.71. The zero-order valence-electron chi connectivity index (χ0n) is 45.4. The standard InChI is InChI=1S/C73H37F9N6/c74-71(75,76)55-13-4-12-48(31-55)52-18-24-66-60(35-52)59-32-49(45-9-1-6-42(28-45)38-83)17-23-65(59)87(66)56-22-16-54(41-86)57(37-56)58-36-53(70-63(72(77,78)79)14-5-15-64(70)73(80,81)82)21-27-67(58)88-68-25-19-50(46-10-2-7-43(29-46)39-84)33-61(68)62-34-51(20-26-69(62)88)47-11-3-8-44(30-47)40-85/h1-37H. The molecule has 0 saturated heterocycles. The Kier molecular flexibility index (Phi) is 13.3. The molecule has 0 amide bonds. The van der Waals surface area contributed by atoms with Crippen LogP contribution in [-0.4, -0.2) is 9.13 Å². The van der Waals surface area contributed by atoms with Crippen LogP contribution in [0.5, 0.6) is 0 Å². The Balaban J connectivity index is 1.11. The Morgan fingerprint density at radius 3 is 1.09 bits per heavy atom. The maximum Gasteiger partial charge on any atom is 0.417 e. The van der Waals surface area contributed by atoms with Crippen LogP contribution in [-0.2, 0) is 18.5 Å². The molecule has 0 N–H and O–H groups in total. The number of halogens is 9. The predicted octanol–water partition coefficient (Wildman–Crippen LogP) is 20.4.